The number of halogens is 1. The molecule has 1 aromatic carbocycles. The smallest absolute Gasteiger partial charge is 0.137 e. The molecule has 1 fully saturated rings. The molecule has 3 atom stereocenters. The van der Waals surface area contributed by atoms with Crippen molar-refractivity contribution in [3.8, 4) is 5.75 Å². The highest BCUT2D eigenvalue weighted by molar-refractivity contribution is 6.31. The van der Waals surface area contributed by atoms with Gasteiger partial charge in [-0.25, -0.2) is 0 Å². The van der Waals surface area contributed by atoms with Crippen molar-refractivity contribution in [1.82, 2.24) is 0 Å². The van der Waals surface area contributed by atoms with Crippen LogP contribution in [0.3, 0.4) is 0 Å². The Kier molecular flexibility index (Phi) is 5.70. The number of aryl methyl sites for hydroxylation is 1. The fraction of sp³-hybridized carbons (Fsp3) is 0.625. The van der Waals surface area contributed by atoms with E-state index in [9.17, 15) is 5.11 Å². The number of hydrogen-bond acceptors (Lipinski definition) is 2. The van der Waals surface area contributed by atoms with Crippen molar-refractivity contribution in [2.75, 3.05) is 19.7 Å². The van der Waals surface area contributed by atoms with Gasteiger partial charge in [-0.2, -0.15) is 0 Å². The summed E-state index contributed by atoms with van der Waals surface area (Å²) >= 11 is 5.98. The third-order valence-electron chi connectivity index (χ3n) is 4.15. The highest BCUT2D eigenvalue weighted by Crippen LogP contribution is 2.21. The van der Waals surface area contributed by atoms with Gasteiger partial charge in [0.2, 0.25) is 0 Å². The number of ether oxygens (including phenoxy) is 1. The Balaban J connectivity index is 1.79. The molecule has 1 unspecified atom stereocenters. The molecule has 112 valence electrons. The number of likely N-dealkylation sites (tertiary alicyclic amines) is 1. The van der Waals surface area contributed by atoms with Gasteiger partial charge >= 0.3 is 0 Å². The number of nitrogens with one attached hydrogen (secondary N) is 1. The van der Waals surface area contributed by atoms with E-state index in [4.69, 9.17) is 16.3 Å². The van der Waals surface area contributed by atoms with E-state index in [1.165, 1.54) is 24.2 Å². The molecule has 20 heavy (non-hydrogen) atoms. The van der Waals surface area contributed by atoms with Crippen LogP contribution in [0.5, 0.6) is 5.75 Å². The van der Waals surface area contributed by atoms with E-state index < -0.39 is 6.10 Å². The van der Waals surface area contributed by atoms with Gasteiger partial charge in [-0.3, -0.25) is 0 Å². The quantitative estimate of drug-likeness (QED) is 0.870. The van der Waals surface area contributed by atoms with Crippen molar-refractivity contribution in [3.63, 3.8) is 0 Å². The highest BCUT2D eigenvalue weighted by atomic mass is 35.5. The van der Waals surface area contributed by atoms with Crippen LogP contribution in [0.1, 0.15) is 31.7 Å². The minimum absolute atomic E-state index is 0.345. The maximum absolute atomic E-state index is 10.1. The summed E-state index contributed by atoms with van der Waals surface area (Å²) in [4.78, 5) is 1.50. The predicted molar refractivity (Wildman–Crippen MR) is 81.7 cm³/mol. The summed E-state index contributed by atoms with van der Waals surface area (Å²) in [6, 6.07) is 6.23. The Morgan fingerprint density at radius 1 is 1.45 bits per heavy atom. The molecular weight excluding hydrogens is 274 g/mol. The van der Waals surface area contributed by atoms with Crippen molar-refractivity contribution in [2.45, 2.75) is 45.3 Å². The van der Waals surface area contributed by atoms with Crippen LogP contribution in [0.4, 0.5) is 0 Å². The van der Waals surface area contributed by atoms with Crippen molar-refractivity contribution in [2.24, 2.45) is 0 Å². The zero-order chi connectivity index (χ0) is 14.5. The van der Waals surface area contributed by atoms with Gasteiger partial charge in [-0.1, -0.05) is 11.6 Å². The summed E-state index contributed by atoms with van der Waals surface area (Å²) < 4.78 is 5.66. The monoisotopic (exact) mass is 298 g/mol. The van der Waals surface area contributed by atoms with Crippen molar-refractivity contribution in [1.29, 1.82) is 0 Å². The fourth-order valence-electron chi connectivity index (χ4n) is 2.82. The Morgan fingerprint density at radius 2 is 2.25 bits per heavy atom. The molecule has 0 spiro atoms. The first-order valence-corrected chi connectivity index (χ1v) is 7.85. The predicted octanol–water partition coefficient (Wildman–Crippen LogP) is 1.85. The Hall–Kier alpha value is -0.770. The average Bonchev–Trinajstić information content (AvgIpc) is 2.43. The van der Waals surface area contributed by atoms with E-state index in [1.54, 1.807) is 0 Å². The highest BCUT2D eigenvalue weighted by Gasteiger charge is 2.24. The third kappa shape index (κ3) is 4.37. The fourth-order valence-corrected chi connectivity index (χ4v) is 2.93. The second-order valence-corrected chi connectivity index (χ2v) is 6.29. The maximum Gasteiger partial charge on any atom is 0.137 e. The molecule has 0 aromatic heterocycles. The van der Waals surface area contributed by atoms with E-state index in [1.807, 2.05) is 25.1 Å². The molecule has 0 saturated carbocycles. The van der Waals surface area contributed by atoms with Crippen molar-refractivity contribution < 1.29 is 14.7 Å². The maximum atomic E-state index is 10.1. The Labute approximate surface area is 126 Å². The normalized spacial score (nSPS) is 24.4. The van der Waals surface area contributed by atoms with Crippen LogP contribution >= 0.6 is 11.6 Å². The van der Waals surface area contributed by atoms with Gasteiger partial charge in [-0.05, 0) is 56.9 Å². The molecule has 0 radical (unpaired) electrons. The van der Waals surface area contributed by atoms with Gasteiger partial charge in [0.05, 0.1) is 12.6 Å². The summed E-state index contributed by atoms with van der Waals surface area (Å²) in [5.41, 5.74) is 0.994. The van der Waals surface area contributed by atoms with Crippen LogP contribution in [0, 0.1) is 6.92 Å². The lowest BCUT2D eigenvalue weighted by Gasteiger charge is -2.31. The molecule has 2 rings (SSSR count). The zero-order valence-corrected chi connectivity index (χ0v) is 13.1. The Morgan fingerprint density at radius 3 is 2.95 bits per heavy atom. The number of benzene rings is 1. The molecule has 2 N–H and O–H groups in total. The van der Waals surface area contributed by atoms with Gasteiger partial charge in [0.15, 0.2) is 0 Å². The number of quaternary nitrogens is 1. The molecule has 1 saturated heterocycles. The SMILES string of the molecule is Cc1cc(OC[C@H](O)C[NH+]2CCCC[C@H]2C)ccc1Cl. The van der Waals surface area contributed by atoms with Crippen LogP contribution in [-0.4, -0.2) is 36.9 Å². The molecule has 0 aliphatic carbocycles. The van der Waals surface area contributed by atoms with Crippen LogP contribution in [0.2, 0.25) is 5.02 Å². The van der Waals surface area contributed by atoms with E-state index in [2.05, 4.69) is 6.92 Å². The summed E-state index contributed by atoms with van der Waals surface area (Å²) in [6.07, 6.45) is 3.44. The van der Waals surface area contributed by atoms with E-state index >= 15 is 0 Å². The number of rotatable bonds is 5. The molecule has 1 aliphatic heterocycles. The van der Waals surface area contributed by atoms with Crippen LogP contribution in [-0.2, 0) is 0 Å². The number of aliphatic hydroxyl groups excluding tert-OH is 1. The first-order chi connectivity index (χ1) is 9.56. The topological polar surface area (TPSA) is 33.9 Å². The van der Waals surface area contributed by atoms with Gasteiger partial charge in [-0.15, -0.1) is 0 Å². The average molecular weight is 299 g/mol. The summed E-state index contributed by atoms with van der Waals surface area (Å²) in [5, 5.41) is 10.9. The summed E-state index contributed by atoms with van der Waals surface area (Å²) in [5.74, 6) is 0.771. The third-order valence-corrected chi connectivity index (χ3v) is 4.58. The molecule has 1 aliphatic rings. The van der Waals surface area contributed by atoms with Gasteiger partial charge in [0, 0.05) is 5.02 Å². The lowest BCUT2D eigenvalue weighted by Crippen LogP contribution is -3.17. The Bertz CT molecular complexity index is 438. The van der Waals surface area contributed by atoms with E-state index in [0.29, 0.717) is 12.6 Å². The van der Waals surface area contributed by atoms with Crippen LogP contribution in [0.25, 0.3) is 0 Å². The van der Waals surface area contributed by atoms with Gasteiger partial charge in [0.25, 0.3) is 0 Å². The van der Waals surface area contributed by atoms with E-state index in [-0.39, 0.29) is 0 Å². The van der Waals surface area contributed by atoms with Crippen LogP contribution < -0.4 is 9.64 Å². The molecule has 1 heterocycles. The van der Waals surface area contributed by atoms with Gasteiger partial charge < -0.3 is 14.7 Å². The van der Waals surface area contributed by atoms with E-state index in [0.717, 1.165) is 29.4 Å². The van der Waals surface area contributed by atoms with Crippen LogP contribution in [0.15, 0.2) is 18.2 Å². The molecule has 0 amide bonds. The van der Waals surface area contributed by atoms with Crippen molar-refractivity contribution in [3.05, 3.63) is 28.8 Å². The van der Waals surface area contributed by atoms with Crippen molar-refractivity contribution >= 4 is 11.6 Å². The lowest BCUT2D eigenvalue weighted by molar-refractivity contribution is -0.931. The minimum Gasteiger partial charge on any atom is -0.491 e. The first kappa shape index (κ1) is 15.6. The minimum atomic E-state index is -0.415. The molecule has 1 aromatic rings. The molecule has 4 heteroatoms. The number of hydrogen-bond donors (Lipinski definition) is 2. The molecule has 0 bridgehead atoms. The molecular formula is C16H25ClNO2+. The number of piperidine rings is 1. The largest absolute Gasteiger partial charge is 0.491 e. The van der Waals surface area contributed by atoms with Gasteiger partial charge in [0.1, 0.15) is 25.0 Å². The number of aliphatic hydroxyl groups is 1. The zero-order valence-electron chi connectivity index (χ0n) is 12.4. The first-order valence-electron chi connectivity index (χ1n) is 7.48. The second-order valence-electron chi connectivity index (χ2n) is 5.89. The lowest BCUT2D eigenvalue weighted by atomic mass is 10.0. The second kappa shape index (κ2) is 7.30. The molecule has 3 nitrogen and oxygen atoms in total. The standard InChI is InChI=1S/C16H24ClNO2/c1-12-9-15(6-7-16(12)17)20-11-14(19)10-18-8-4-3-5-13(18)2/h6-7,9,13-14,19H,3-5,8,10-11H2,1-2H3/p+1/t13-,14-/m1/s1. The summed E-state index contributed by atoms with van der Waals surface area (Å²) in [6.45, 7) is 6.50. The summed E-state index contributed by atoms with van der Waals surface area (Å²) in [7, 11) is 0.